The molecule has 1 aromatic heterocycles. The van der Waals surface area contributed by atoms with Crippen LogP contribution in [0, 0.1) is 6.92 Å². The molecule has 0 spiro atoms. The van der Waals surface area contributed by atoms with Crippen LogP contribution in [0.2, 0.25) is 13.3 Å². The SMILES string of the molecule is CCC[CH2][Sn]([CH2]CCC)([CH2]CCC)[c]1cn(C(C)C)c(C)n1. The molecular weight excluding hydrogens is 375 g/mol. The van der Waals surface area contributed by atoms with Crippen LogP contribution in [0.4, 0.5) is 0 Å². The first-order valence-corrected chi connectivity index (χ1v) is 17.0. The molecule has 0 aliphatic carbocycles. The molecule has 0 atom stereocenters. The fraction of sp³-hybridized carbons (Fsp3) is 0.842. The molecule has 128 valence electrons. The van der Waals surface area contributed by atoms with Crippen LogP contribution in [-0.2, 0) is 0 Å². The van der Waals surface area contributed by atoms with Crippen molar-refractivity contribution in [1.82, 2.24) is 9.55 Å². The molecule has 0 bridgehead atoms. The Morgan fingerprint density at radius 3 is 1.73 bits per heavy atom. The third kappa shape index (κ3) is 5.28. The second-order valence-electron chi connectivity index (χ2n) is 7.27. The topological polar surface area (TPSA) is 17.8 Å². The van der Waals surface area contributed by atoms with Crippen LogP contribution in [0.1, 0.15) is 85.0 Å². The number of hydrogen-bond acceptors (Lipinski definition) is 1. The standard InChI is InChI=1S/C7H11N2.3C4H9.Sn/c1-6(2)9-5-4-8-7(9)3;3*1-3-4-2;/h5-6H,1-3H3;3*1,3-4H2,2H3;. The fourth-order valence-corrected chi connectivity index (χ4v) is 19.0. The molecule has 0 radical (unpaired) electrons. The van der Waals surface area contributed by atoms with Crippen molar-refractivity contribution in [3.63, 3.8) is 0 Å². The summed E-state index contributed by atoms with van der Waals surface area (Å²) in [5.74, 6) is 1.23. The van der Waals surface area contributed by atoms with Crippen molar-refractivity contribution in [2.75, 3.05) is 0 Å². The summed E-state index contributed by atoms with van der Waals surface area (Å²) in [6.45, 7) is 13.8. The molecule has 0 amide bonds. The summed E-state index contributed by atoms with van der Waals surface area (Å²) in [6.07, 6.45) is 10.7. The minimum atomic E-state index is -2.31. The van der Waals surface area contributed by atoms with Gasteiger partial charge in [0.15, 0.2) is 0 Å². The summed E-state index contributed by atoms with van der Waals surface area (Å²) in [4.78, 5) is 5.12. The van der Waals surface area contributed by atoms with Crippen LogP contribution >= 0.6 is 0 Å². The number of aromatic nitrogens is 2. The van der Waals surface area contributed by atoms with E-state index in [1.807, 2.05) is 0 Å². The Hall–Kier alpha value is 0.00870. The van der Waals surface area contributed by atoms with Crippen LogP contribution < -0.4 is 3.71 Å². The molecule has 3 heteroatoms. The van der Waals surface area contributed by atoms with Gasteiger partial charge in [-0.2, -0.15) is 0 Å². The number of hydrogen-bond donors (Lipinski definition) is 0. The number of imidazole rings is 1. The second kappa shape index (κ2) is 9.99. The van der Waals surface area contributed by atoms with E-state index in [0.29, 0.717) is 6.04 Å². The van der Waals surface area contributed by atoms with E-state index in [1.165, 1.54) is 57.7 Å². The third-order valence-corrected chi connectivity index (χ3v) is 20.1. The molecule has 22 heavy (non-hydrogen) atoms. The van der Waals surface area contributed by atoms with Crippen LogP contribution in [0.5, 0.6) is 0 Å². The summed E-state index contributed by atoms with van der Waals surface area (Å²) < 4.78 is 8.53. The van der Waals surface area contributed by atoms with Crippen molar-refractivity contribution in [3.8, 4) is 0 Å². The molecular formula is C19H38N2Sn. The Labute approximate surface area is 143 Å². The summed E-state index contributed by atoms with van der Waals surface area (Å²) in [7, 11) is 0. The summed E-state index contributed by atoms with van der Waals surface area (Å²) in [5, 5.41) is 0. The molecule has 0 fully saturated rings. The molecule has 0 N–H and O–H groups in total. The van der Waals surface area contributed by atoms with E-state index in [4.69, 9.17) is 4.98 Å². The van der Waals surface area contributed by atoms with Crippen molar-refractivity contribution >= 4 is 22.1 Å². The van der Waals surface area contributed by atoms with Gasteiger partial charge in [0.1, 0.15) is 0 Å². The Morgan fingerprint density at radius 1 is 0.955 bits per heavy atom. The van der Waals surface area contributed by atoms with Gasteiger partial charge >= 0.3 is 143 Å². The van der Waals surface area contributed by atoms with E-state index in [0.717, 1.165) is 0 Å². The van der Waals surface area contributed by atoms with Crippen LogP contribution in [0.3, 0.4) is 0 Å². The molecule has 1 heterocycles. The third-order valence-electron chi connectivity index (χ3n) is 5.04. The van der Waals surface area contributed by atoms with Gasteiger partial charge in [-0.1, -0.05) is 0 Å². The molecule has 0 aliphatic heterocycles. The molecule has 0 saturated carbocycles. The average molecular weight is 413 g/mol. The van der Waals surface area contributed by atoms with Crippen LogP contribution in [0.25, 0.3) is 0 Å². The van der Waals surface area contributed by atoms with Gasteiger partial charge in [-0.3, -0.25) is 0 Å². The molecule has 2 nitrogen and oxygen atoms in total. The normalized spacial score (nSPS) is 12.3. The quantitative estimate of drug-likeness (QED) is 0.418. The van der Waals surface area contributed by atoms with Gasteiger partial charge in [0.25, 0.3) is 0 Å². The molecule has 0 aliphatic rings. The molecule has 0 unspecified atom stereocenters. The van der Waals surface area contributed by atoms with E-state index in [1.54, 1.807) is 3.71 Å². The first kappa shape index (κ1) is 20.1. The Kier molecular flexibility index (Phi) is 9.11. The van der Waals surface area contributed by atoms with Crippen molar-refractivity contribution in [2.24, 2.45) is 0 Å². The van der Waals surface area contributed by atoms with Gasteiger partial charge in [-0.15, -0.1) is 0 Å². The molecule has 0 saturated heterocycles. The maximum absolute atomic E-state index is 5.12. The zero-order valence-electron chi connectivity index (χ0n) is 15.9. The van der Waals surface area contributed by atoms with Gasteiger partial charge in [0.2, 0.25) is 0 Å². The molecule has 1 aromatic rings. The first-order valence-electron chi connectivity index (χ1n) is 9.56. The summed E-state index contributed by atoms with van der Waals surface area (Å²) >= 11 is -2.31. The maximum atomic E-state index is 5.12. The van der Waals surface area contributed by atoms with Crippen LogP contribution in [0.15, 0.2) is 6.20 Å². The Balaban J connectivity index is 3.15. The number of aryl methyl sites for hydroxylation is 1. The van der Waals surface area contributed by atoms with E-state index < -0.39 is 18.4 Å². The van der Waals surface area contributed by atoms with Crippen molar-refractivity contribution in [2.45, 2.75) is 99.4 Å². The molecule has 0 aromatic carbocycles. The Morgan fingerprint density at radius 2 is 1.41 bits per heavy atom. The monoisotopic (exact) mass is 414 g/mol. The van der Waals surface area contributed by atoms with Gasteiger partial charge in [0.05, 0.1) is 0 Å². The zero-order valence-corrected chi connectivity index (χ0v) is 18.8. The van der Waals surface area contributed by atoms with Crippen molar-refractivity contribution in [1.29, 1.82) is 0 Å². The van der Waals surface area contributed by atoms with E-state index >= 15 is 0 Å². The predicted octanol–water partition coefficient (Wildman–Crippen LogP) is 5.83. The van der Waals surface area contributed by atoms with Crippen molar-refractivity contribution < 1.29 is 0 Å². The zero-order chi connectivity index (χ0) is 16.6. The van der Waals surface area contributed by atoms with Crippen molar-refractivity contribution in [3.05, 3.63) is 12.0 Å². The minimum absolute atomic E-state index is 0.536. The van der Waals surface area contributed by atoms with E-state index in [2.05, 4.69) is 52.3 Å². The number of unbranched alkanes of at least 4 members (excludes halogenated alkanes) is 3. The van der Waals surface area contributed by atoms with Crippen LogP contribution in [-0.4, -0.2) is 27.9 Å². The Bertz CT molecular complexity index is 401. The second-order valence-corrected chi connectivity index (χ2v) is 20.3. The van der Waals surface area contributed by atoms with Gasteiger partial charge < -0.3 is 0 Å². The predicted molar refractivity (Wildman–Crippen MR) is 102 cm³/mol. The number of nitrogens with zero attached hydrogens (tertiary/aromatic N) is 2. The first-order chi connectivity index (χ1) is 10.5. The number of rotatable bonds is 11. The van der Waals surface area contributed by atoms with Gasteiger partial charge in [-0.25, -0.2) is 0 Å². The summed E-state index contributed by atoms with van der Waals surface area (Å²) in [5.41, 5.74) is 0. The summed E-state index contributed by atoms with van der Waals surface area (Å²) in [6, 6.07) is 0.536. The molecule has 1 rings (SSSR count). The van der Waals surface area contributed by atoms with E-state index in [9.17, 15) is 0 Å². The fourth-order valence-electron chi connectivity index (χ4n) is 3.57. The van der Waals surface area contributed by atoms with E-state index in [-0.39, 0.29) is 0 Å². The average Bonchev–Trinajstić information content (AvgIpc) is 2.89. The van der Waals surface area contributed by atoms with Gasteiger partial charge in [-0.05, 0) is 0 Å². The van der Waals surface area contributed by atoms with Gasteiger partial charge in [0, 0.05) is 0 Å².